The molecule has 5 nitrogen and oxygen atoms in total. The fourth-order valence-electron chi connectivity index (χ4n) is 3.51. The number of hydrogen-bond donors (Lipinski definition) is 2. The number of nitrogens with one attached hydrogen (secondary N) is 1. The van der Waals surface area contributed by atoms with Gasteiger partial charge in [-0.3, -0.25) is 14.6 Å². The Labute approximate surface area is 152 Å². The average Bonchev–Trinajstić information content (AvgIpc) is 2.55. The zero-order valence-corrected chi connectivity index (χ0v) is 16.6. The lowest BCUT2D eigenvalue weighted by Crippen LogP contribution is -2.62. The number of morpholine rings is 1. The number of thiol groups is 1. The number of likely N-dealkylation sites (tertiary alicyclic amines) is 1. The van der Waals surface area contributed by atoms with Gasteiger partial charge in [-0.1, -0.05) is 20.8 Å². The molecular formula is C18H35N3O2S. The van der Waals surface area contributed by atoms with Crippen molar-refractivity contribution in [2.24, 2.45) is 11.8 Å². The second kappa shape index (κ2) is 8.88. The molecule has 0 spiro atoms. The number of rotatable bonds is 6. The SMILES string of the molecule is CC(C)C(C)C(=O)NC1(CN2CCOCC2)CCN(C(C)S)CC1. The minimum absolute atomic E-state index is 0.0494. The molecule has 24 heavy (non-hydrogen) atoms. The zero-order valence-electron chi connectivity index (χ0n) is 15.8. The lowest BCUT2D eigenvalue weighted by atomic mass is 9.85. The Bertz CT molecular complexity index is 403. The minimum Gasteiger partial charge on any atom is -0.379 e. The molecule has 0 aliphatic carbocycles. The molecule has 1 amide bonds. The summed E-state index contributed by atoms with van der Waals surface area (Å²) in [6.07, 6.45) is 1.98. The first-order valence-electron chi connectivity index (χ1n) is 9.37. The summed E-state index contributed by atoms with van der Waals surface area (Å²) in [5, 5.41) is 3.72. The summed E-state index contributed by atoms with van der Waals surface area (Å²) in [4.78, 5) is 17.6. The van der Waals surface area contributed by atoms with Crippen LogP contribution in [0.2, 0.25) is 0 Å². The predicted molar refractivity (Wildman–Crippen MR) is 101 cm³/mol. The number of amides is 1. The Hall–Kier alpha value is -0.300. The van der Waals surface area contributed by atoms with Gasteiger partial charge in [0.15, 0.2) is 0 Å². The maximum Gasteiger partial charge on any atom is 0.223 e. The standard InChI is InChI=1S/C18H35N3O2S/c1-14(2)15(3)17(22)19-18(13-20-9-11-23-12-10-20)5-7-21(8-6-18)16(4)24/h14-16,24H,5-13H2,1-4H3,(H,19,22). The van der Waals surface area contributed by atoms with E-state index in [1.165, 1.54) is 0 Å². The van der Waals surface area contributed by atoms with E-state index in [1.54, 1.807) is 0 Å². The van der Waals surface area contributed by atoms with Gasteiger partial charge in [-0.2, -0.15) is 12.6 Å². The fourth-order valence-corrected chi connectivity index (χ4v) is 3.74. The molecule has 2 saturated heterocycles. The molecule has 0 aromatic carbocycles. The van der Waals surface area contributed by atoms with E-state index in [0.717, 1.165) is 58.8 Å². The highest BCUT2D eigenvalue weighted by atomic mass is 32.1. The normalized spacial score (nSPS) is 25.4. The Morgan fingerprint density at radius 1 is 1.12 bits per heavy atom. The minimum atomic E-state index is -0.114. The van der Waals surface area contributed by atoms with Gasteiger partial charge in [0.2, 0.25) is 5.91 Å². The van der Waals surface area contributed by atoms with E-state index in [1.807, 2.05) is 6.92 Å². The Balaban J connectivity index is 2.05. The maximum absolute atomic E-state index is 12.7. The number of piperidine rings is 1. The summed E-state index contributed by atoms with van der Waals surface area (Å²) in [6.45, 7) is 14.8. The molecule has 6 heteroatoms. The van der Waals surface area contributed by atoms with Crippen LogP contribution in [-0.2, 0) is 9.53 Å². The second-order valence-corrected chi connectivity index (χ2v) is 8.61. The van der Waals surface area contributed by atoms with Crippen molar-refractivity contribution in [2.75, 3.05) is 45.9 Å². The molecule has 2 atom stereocenters. The fraction of sp³-hybridized carbons (Fsp3) is 0.944. The van der Waals surface area contributed by atoms with Gasteiger partial charge in [0.05, 0.1) is 18.8 Å². The van der Waals surface area contributed by atoms with Crippen LogP contribution in [0.4, 0.5) is 0 Å². The van der Waals surface area contributed by atoms with Crippen LogP contribution < -0.4 is 5.32 Å². The van der Waals surface area contributed by atoms with Gasteiger partial charge in [0.1, 0.15) is 0 Å². The number of carbonyl (C=O) groups is 1. The molecule has 2 unspecified atom stereocenters. The van der Waals surface area contributed by atoms with E-state index in [4.69, 9.17) is 4.74 Å². The number of carbonyl (C=O) groups excluding carboxylic acids is 1. The van der Waals surface area contributed by atoms with Gasteiger partial charge in [0, 0.05) is 44.0 Å². The molecule has 0 aromatic rings. The Kier molecular flexibility index (Phi) is 7.40. The van der Waals surface area contributed by atoms with Crippen molar-refractivity contribution >= 4 is 18.5 Å². The molecule has 0 radical (unpaired) electrons. The third-order valence-electron chi connectivity index (χ3n) is 5.72. The van der Waals surface area contributed by atoms with E-state index >= 15 is 0 Å². The lowest BCUT2D eigenvalue weighted by Gasteiger charge is -2.46. The van der Waals surface area contributed by atoms with Crippen LogP contribution in [0.3, 0.4) is 0 Å². The molecule has 140 valence electrons. The van der Waals surface area contributed by atoms with Gasteiger partial charge in [0.25, 0.3) is 0 Å². The van der Waals surface area contributed by atoms with Gasteiger partial charge >= 0.3 is 0 Å². The molecule has 2 heterocycles. The average molecular weight is 358 g/mol. The molecule has 2 aliphatic heterocycles. The topological polar surface area (TPSA) is 44.8 Å². The van der Waals surface area contributed by atoms with Crippen LogP contribution in [0.15, 0.2) is 0 Å². The van der Waals surface area contributed by atoms with E-state index < -0.39 is 0 Å². The maximum atomic E-state index is 12.7. The van der Waals surface area contributed by atoms with Gasteiger partial charge in [-0.05, 0) is 25.7 Å². The van der Waals surface area contributed by atoms with Crippen LogP contribution in [0.25, 0.3) is 0 Å². The Morgan fingerprint density at radius 2 is 1.71 bits per heavy atom. The highest BCUT2D eigenvalue weighted by Crippen LogP contribution is 2.27. The van der Waals surface area contributed by atoms with Gasteiger partial charge < -0.3 is 10.1 Å². The summed E-state index contributed by atoms with van der Waals surface area (Å²) in [6, 6.07) is 0. The van der Waals surface area contributed by atoms with Crippen LogP contribution in [0.5, 0.6) is 0 Å². The first-order chi connectivity index (χ1) is 11.3. The summed E-state index contributed by atoms with van der Waals surface area (Å²) >= 11 is 4.57. The predicted octanol–water partition coefficient (Wildman–Crippen LogP) is 1.84. The molecule has 0 aromatic heterocycles. The van der Waals surface area contributed by atoms with Crippen LogP contribution >= 0.6 is 12.6 Å². The van der Waals surface area contributed by atoms with Crippen molar-refractivity contribution in [2.45, 2.75) is 51.4 Å². The van der Waals surface area contributed by atoms with Crippen molar-refractivity contribution in [3.8, 4) is 0 Å². The lowest BCUT2D eigenvalue weighted by molar-refractivity contribution is -0.129. The third-order valence-corrected chi connectivity index (χ3v) is 6.04. The van der Waals surface area contributed by atoms with Crippen molar-refractivity contribution in [3.63, 3.8) is 0 Å². The smallest absolute Gasteiger partial charge is 0.223 e. The van der Waals surface area contributed by atoms with Crippen molar-refractivity contribution in [1.29, 1.82) is 0 Å². The largest absolute Gasteiger partial charge is 0.379 e. The van der Waals surface area contributed by atoms with E-state index in [2.05, 4.69) is 48.5 Å². The molecule has 2 aliphatic rings. The molecule has 0 bridgehead atoms. The summed E-state index contributed by atoms with van der Waals surface area (Å²) in [5.41, 5.74) is -0.114. The van der Waals surface area contributed by atoms with Crippen molar-refractivity contribution in [3.05, 3.63) is 0 Å². The quantitative estimate of drug-likeness (QED) is 0.712. The van der Waals surface area contributed by atoms with Crippen LogP contribution in [0.1, 0.15) is 40.5 Å². The van der Waals surface area contributed by atoms with Crippen molar-refractivity contribution in [1.82, 2.24) is 15.1 Å². The molecule has 2 fully saturated rings. The van der Waals surface area contributed by atoms with Gasteiger partial charge in [-0.15, -0.1) is 0 Å². The summed E-state index contributed by atoms with van der Waals surface area (Å²) in [5.74, 6) is 0.613. The van der Waals surface area contributed by atoms with E-state index in [-0.39, 0.29) is 22.7 Å². The molecular weight excluding hydrogens is 322 g/mol. The summed E-state index contributed by atoms with van der Waals surface area (Å²) in [7, 11) is 0. The number of ether oxygens (including phenoxy) is 1. The van der Waals surface area contributed by atoms with Crippen molar-refractivity contribution < 1.29 is 9.53 Å². The highest BCUT2D eigenvalue weighted by molar-refractivity contribution is 7.80. The zero-order chi connectivity index (χ0) is 17.7. The third kappa shape index (κ3) is 5.35. The van der Waals surface area contributed by atoms with Crippen LogP contribution in [0, 0.1) is 11.8 Å². The molecule has 1 N–H and O–H groups in total. The van der Waals surface area contributed by atoms with E-state index in [9.17, 15) is 4.79 Å². The molecule has 2 rings (SSSR count). The number of nitrogens with zero attached hydrogens (tertiary/aromatic N) is 2. The van der Waals surface area contributed by atoms with Crippen LogP contribution in [-0.4, -0.2) is 72.6 Å². The van der Waals surface area contributed by atoms with Gasteiger partial charge in [-0.25, -0.2) is 0 Å². The summed E-state index contributed by atoms with van der Waals surface area (Å²) < 4.78 is 5.47. The monoisotopic (exact) mass is 357 g/mol. The molecule has 0 saturated carbocycles. The van der Waals surface area contributed by atoms with E-state index in [0.29, 0.717) is 5.92 Å². The first kappa shape index (κ1) is 20.0. The number of hydrogen-bond acceptors (Lipinski definition) is 5. The first-order valence-corrected chi connectivity index (χ1v) is 9.89. The second-order valence-electron chi connectivity index (χ2n) is 7.86. The Morgan fingerprint density at radius 3 is 2.21 bits per heavy atom. The highest BCUT2D eigenvalue weighted by Gasteiger charge is 2.39.